The lowest BCUT2D eigenvalue weighted by molar-refractivity contribution is 0.128. The van der Waals surface area contributed by atoms with Gasteiger partial charge in [0.25, 0.3) is 0 Å². The summed E-state index contributed by atoms with van der Waals surface area (Å²) in [6.07, 6.45) is 8.66. The Kier molecular flexibility index (Phi) is 5.08. The zero-order valence-electron chi connectivity index (χ0n) is 12.8. The van der Waals surface area contributed by atoms with Crippen molar-refractivity contribution < 1.29 is 0 Å². The molecule has 1 heterocycles. The fraction of sp³-hybridized carbons (Fsp3) is 1.00. The SMILES string of the molecule is CC(C)C(C)N(C)CC1CCC2CCCCC2N1. The van der Waals surface area contributed by atoms with E-state index in [1.165, 1.54) is 45.1 Å². The molecule has 0 bridgehead atoms. The number of likely N-dealkylation sites (N-methyl/N-ethyl adjacent to an activating group) is 1. The molecule has 0 radical (unpaired) electrons. The second-order valence-electron chi connectivity index (χ2n) is 7.02. The lowest BCUT2D eigenvalue weighted by atomic mass is 9.77. The number of hydrogen-bond acceptors (Lipinski definition) is 2. The minimum atomic E-state index is 0.691. The molecular formula is C16H32N2. The van der Waals surface area contributed by atoms with E-state index >= 15 is 0 Å². The predicted octanol–water partition coefficient (Wildman–Crippen LogP) is 3.27. The maximum atomic E-state index is 3.94. The number of hydrogen-bond donors (Lipinski definition) is 1. The highest BCUT2D eigenvalue weighted by Crippen LogP contribution is 2.32. The maximum Gasteiger partial charge on any atom is 0.0197 e. The Morgan fingerprint density at radius 1 is 1.06 bits per heavy atom. The average molecular weight is 252 g/mol. The molecular weight excluding hydrogens is 220 g/mol. The van der Waals surface area contributed by atoms with Crippen LogP contribution in [0.1, 0.15) is 59.3 Å². The van der Waals surface area contributed by atoms with Gasteiger partial charge in [-0.3, -0.25) is 0 Å². The van der Waals surface area contributed by atoms with Crippen LogP contribution in [0.15, 0.2) is 0 Å². The van der Waals surface area contributed by atoms with Crippen LogP contribution in [-0.4, -0.2) is 36.6 Å². The Morgan fingerprint density at radius 3 is 2.50 bits per heavy atom. The Labute approximate surface area is 114 Å². The standard InChI is InChI=1S/C16H32N2/c1-12(2)13(3)18(4)11-15-10-9-14-7-5-6-8-16(14)17-15/h12-17H,5-11H2,1-4H3. The van der Waals surface area contributed by atoms with Crippen molar-refractivity contribution in [2.24, 2.45) is 11.8 Å². The summed E-state index contributed by atoms with van der Waals surface area (Å²) in [7, 11) is 2.29. The highest BCUT2D eigenvalue weighted by Gasteiger charge is 2.32. The van der Waals surface area contributed by atoms with Gasteiger partial charge in [0.05, 0.1) is 0 Å². The predicted molar refractivity (Wildman–Crippen MR) is 78.8 cm³/mol. The lowest BCUT2D eigenvalue weighted by Crippen LogP contribution is -2.53. The monoisotopic (exact) mass is 252 g/mol. The van der Waals surface area contributed by atoms with Gasteiger partial charge in [-0.2, -0.15) is 0 Å². The van der Waals surface area contributed by atoms with E-state index in [1.807, 2.05) is 0 Å². The Bertz CT molecular complexity index is 251. The highest BCUT2D eigenvalue weighted by atomic mass is 15.2. The first-order valence-corrected chi connectivity index (χ1v) is 8.04. The van der Waals surface area contributed by atoms with Gasteiger partial charge in [0, 0.05) is 24.7 Å². The summed E-state index contributed by atoms with van der Waals surface area (Å²) >= 11 is 0. The number of rotatable bonds is 4. The van der Waals surface area contributed by atoms with Gasteiger partial charge in [-0.25, -0.2) is 0 Å². The molecule has 1 saturated heterocycles. The second-order valence-corrected chi connectivity index (χ2v) is 7.02. The molecule has 1 saturated carbocycles. The number of nitrogens with zero attached hydrogens (tertiary/aromatic N) is 1. The van der Waals surface area contributed by atoms with Crippen molar-refractivity contribution in [3.8, 4) is 0 Å². The molecule has 1 N–H and O–H groups in total. The molecule has 1 aliphatic heterocycles. The third-order valence-electron chi connectivity index (χ3n) is 5.41. The molecule has 0 amide bonds. The largest absolute Gasteiger partial charge is 0.310 e. The first-order chi connectivity index (χ1) is 8.58. The molecule has 2 nitrogen and oxygen atoms in total. The van der Waals surface area contributed by atoms with Crippen molar-refractivity contribution >= 4 is 0 Å². The van der Waals surface area contributed by atoms with Gasteiger partial charge in [-0.1, -0.05) is 26.7 Å². The number of piperidine rings is 1. The van der Waals surface area contributed by atoms with E-state index < -0.39 is 0 Å². The van der Waals surface area contributed by atoms with Crippen LogP contribution in [-0.2, 0) is 0 Å². The van der Waals surface area contributed by atoms with Crippen LogP contribution in [0.25, 0.3) is 0 Å². The third-order valence-corrected chi connectivity index (χ3v) is 5.41. The van der Waals surface area contributed by atoms with Crippen LogP contribution in [0.2, 0.25) is 0 Å². The first-order valence-electron chi connectivity index (χ1n) is 8.04. The van der Waals surface area contributed by atoms with E-state index in [0.29, 0.717) is 6.04 Å². The summed E-state index contributed by atoms with van der Waals surface area (Å²) in [6.45, 7) is 8.23. The minimum absolute atomic E-state index is 0.691. The smallest absolute Gasteiger partial charge is 0.0197 e. The van der Waals surface area contributed by atoms with Crippen molar-refractivity contribution in [2.45, 2.75) is 77.4 Å². The van der Waals surface area contributed by atoms with Gasteiger partial charge in [0.2, 0.25) is 0 Å². The lowest BCUT2D eigenvalue weighted by Gasteiger charge is -2.42. The maximum absolute atomic E-state index is 3.94. The number of fused-ring (bicyclic) bond motifs is 1. The van der Waals surface area contributed by atoms with E-state index in [0.717, 1.165) is 23.9 Å². The Hall–Kier alpha value is -0.0800. The van der Waals surface area contributed by atoms with E-state index in [-0.39, 0.29) is 0 Å². The quantitative estimate of drug-likeness (QED) is 0.826. The fourth-order valence-electron chi connectivity index (χ4n) is 3.74. The van der Waals surface area contributed by atoms with Crippen LogP contribution < -0.4 is 5.32 Å². The van der Waals surface area contributed by atoms with Crippen molar-refractivity contribution in [3.05, 3.63) is 0 Å². The van der Waals surface area contributed by atoms with Crippen molar-refractivity contribution in [1.82, 2.24) is 10.2 Å². The molecule has 4 atom stereocenters. The zero-order chi connectivity index (χ0) is 13.1. The van der Waals surface area contributed by atoms with Crippen LogP contribution in [0.4, 0.5) is 0 Å². The summed E-state index contributed by atoms with van der Waals surface area (Å²) in [5.41, 5.74) is 0. The zero-order valence-corrected chi connectivity index (χ0v) is 12.8. The van der Waals surface area contributed by atoms with Gasteiger partial charge in [-0.15, -0.1) is 0 Å². The van der Waals surface area contributed by atoms with E-state index in [4.69, 9.17) is 0 Å². The molecule has 18 heavy (non-hydrogen) atoms. The summed E-state index contributed by atoms with van der Waals surface area (Å²) in [6, 6.07) is 2.26. The van der Waals surface area contributed by atoms with E-state index in [9.17, 15) is 0 Å². The Balaban J connectivity index is 1.80. The van der Waals surface area contributed by atoms with Gasteiger partial charge < -0.3 is 10.2 Å². The molecule has 4 unspecified atom stereocenters. The van der Waals surface area contributed by atoms with Crippen LogP contribution in [0.5, 0.6) is 0 Å². The fourth-order valence-corrected chi connectivity index (χ4v) is 3.74. The molecule has 0 aromatic carbocycles. The van der Waals surface area contributed by atoms with Crippen LogP contribution >= 0.6 is 0 Å². The molecule has 0 spiro atoms. The van der Waals surface area contributed by atoms with Crippen molar-refractivity contribution in [2.75, 3.05) is 13.6 Å². The summed E-state index contributed by atoms with van der Waals surface area (Å²) in [5.74, 6) is 1.74. The normalized spacial score (nSPS) is 34.7. The molecule has 0 aromatic rings. The van der Waals surface area contributed by atoms with Gasteiger partial charge in [0.15, 0.2) is 0 Å². The van der Waals surface area contributed by atoms with Gasteiger partial charge in [0.1, 0.15) is 0 Å². The summed E-state index contributed by atoms with van der Waals surface area (Å²) in [5, 5.41) is 3.94. The Morgan fingerprint density at radius 2 is 1.78 bits per heavy atom. The van der Waals surface area contributed by atoms with Crippen molar-refractivity contribution in [1.29, 1.82) is 0 Å². The summed E-state index contributed by atoms with van der Waals surface area (Å²) in [4.78, 5) is 2.55. The molecule has 106 valence electrons. The average Bonchev–Trinajstić information content (AvgIpc) is 2.37. The van der Waals surface area contributed by atoms with Crippen LogP contribution in [0, 0.1) is 11.8 Å². The molecule has 0 aromatic heterocycles. The van der Waals surface area contributed by atoms with Gasteiger partial charge >= 0.3 is 0 Å². The topological polar surface area (TPSA) is 15.3 Å². The molecule has 1 aliphatic carbocycles. The second kappa shape index (κ2) is 6.38. The first kappa shape index (κ1) is 14.3. The number of nitrogens with one attached hydrogen (secondary N) is 1. The van der Waals surface area contributed by atoms with E-state index in [2.05, 4.69) is 38.0 Å². The minimum Gasteiger partial charge on any atom is -0.310 e. The van der Waals surface area contributed by atoms with Crippen molar-refractivity contribution in [3.63, 3.8) is 0 Å². The highest BCUT2D eigenvalue weighted by molar-refractivity contribution is 4.90. The molecule has 2 aliphatic rings. The molecule has 2 heteroatoms. The summed E-state index contributed by atoms with van der Waals surface area (Å²) < 4.78 is 0. The van der Waals surface area contributed by atoms with Gasteiger partial charge in [-0.05, 0) is 51.5 Å². The third kappa shape index (κ3) is 3.48. The van der Waals surface area contributed by atoms with Crippen LogP contribution in [0.3, 0.4) is 0 Å². The molecule has 2 rings (SSSR count). The van der Waals surface area contributed by atoms with E-state index in [1.54, 1.807) is 0 Å². The molecule has 2 fully saturated rings.